The third-order valence-electron chi connectivity index (χ3n) is 4.45. The first-order chi connectivity index (χ1) is 12.7. The fourth-order valence-corrected chi connectivity index (χ4v) is 3.24. The highest BCUT2D eigenvalue weighted by Gasteiger charge is 2.29. The minimum atomic E-state index is -0.0312. The summed E-state index contributed by atoms with van der Waals surface area (Å²) in [7, 11) is 0. The molecular weight excluding hydrogens is 330 g/mol. The number of nitrogens with zero attached hydrogens (tertiary/aromatic N) is 4. The molecule has 7 nitrogen and oxygen atoms in total. The molecule has 0 saturated carbocycles. The molecule has 1 aliphatic rings. The molecule has 0 aliphatic carbocycles. The van der Waals surface area contributed by atoms with Gasteiger partial charge < -0.3 is 10.2 Å². The van der Waals surface area contributed by atoms with Crippen LogP contribution in [-0.2, 0) is 4.79 Å². The number of pyridine rings is 1. The maximum absolute atomic E-state index is 11.6. The third kappa shape index (κ3) is 2.65. The van der Waals surface area contributed by atoms with E-state index in [1.807, 2.05) is 31.2 Å². The summed E-state index contributed by atoms with van der Waals surface area (Å²) in [5, 5.41) is 12.2. The highest BCUT2D eigenvalue weighted by Crippen LogP contribution is 2.28. The van der Waals surface area contributed by atoms with Gasteiger partial charge in [-0.3, -0.25) is 9.78 Å². The van der Waals surface area contributed by atoms with Gasteiger partial charge in [0.15, 0.2) is 5.82 Å². The average molecular weight is 347 g/mol. The van der Waals surface area contributed by atoms with E-state index in [1.54, 1.807) is 17.0 Å². The van der Waals surface area contributed by atoms with Crippen molar-refractivity contribution in [1.82, 2.24) is 20.0 Å². The molecule has 4 rings (SSSR count). The van der Waals surface area contributed by atoms with Crippen LogP contribution in [0.5, 0.6) is 0 Å². The first-order valence-corrected chi connectivity index (χ1v) is 8.49. The maximum atomic E-state index is 11.6. The molecule has 7 heteroatoms. The van der Waals surface area contributed by atoms with Gasteiger partial charge in [0.25, 0.3) is 0 Å². The molecule has 1 atom stereocenters. The topological polar surface area (TPSA) is 92.8 Å². The molecule has 0 unspecified atom stereocenters. The van der Waals surface area contributed by atoms with Gasteiger partial charge in [-0.25, -0.2) is 4.98 Å². The van der Waals surface area contributed by atoms with Crippen LogP contribution in [0.25, 0.3) is 22.3 Å². The lowest BCUT2D eigenvalue weighted by atomic mass is 10.0. The van der Waals surface area contributed by atoms with Gasteiger partial charge in [0.05, 0.1) is 29.0 Å². The molecule has 0 bridgehead atoms. The van der Waals surface area contributed by atoms with E-state index in [-0.39, 0.29) is 11.8 Å². The van der Waals surface area contributed by atoms with Crippen LogP contribution in [0.2, 0.25) is 0 Å². The van der Waals surface area contributed by atoms with Crippen LogP contribution in [0.1, 0.15) is 30.7 Å². The SMILES string of the molecule is CCOn1c([C@H]2CNC(=O)C2)nc2cc(-c3ccccc3C#N)ncc21. The van der Waals surface area contributed by atoms with Crippen LogP contribution in [0, 0.1) is 11.3 Å². The lowest BCUT2D eigenvalue weighted by Gasteiger charge is -2.12. The van der Waals surface area contributed by atoms with Crippen LogP contribution in [0.15, 0.2) is 36.5 Å². The van der Waals surface area contributed by atoms with Crippen LogP contribution in [-0.4, -0.2) is 33.8 Å². The van der Waals surface area contributed by atoms with E-state index in [2.05, 4.69) is 16.4 Å². The Hall–Kier alpha value is -3.40. The summed E-state index contributed by atoms with van der Waals surface area (Å²) in [4.78, 5) is 26.6. The van der Waals surface area contributed by atoms with E-state index in [0.29, 0.717) is 36.7 Å². The summed E-state index contributed by atoms with van der Waals surface area (Å²) < 4.78 is 1.67. The van der Waals surface area contributed by atoms with Crippen molar-refractivity contribution in [2.24, 2.45) is 0 Å². The summed E-state index contributed by atoms with van der Waals surface area (Å²) >= 11 is 0. The predicted molar refractivity (Wildman–Crippen MR) is 95.2 cm³/mol. The number of benzene rings is 1. The van der Waals surface area contributed by atoms with Crippen molar-refractivity contribution >= 4 is 16.9 Å². The molecule has 1 fully saturated rings. The van der Waals surface area contributed by atoms with Crippen LogP contribution >= 0.6 is 0 Å². The molecule has 2 aromatic heterocycles. The zero-order valence-electron chi connectivity index (χ0n) is 14.3. The number of nitrogens with one attached hydrogen (secondary N) is 1. The summed E-state index contributed by atoms with van der Waals surface area (Å²) in [6.45, 7) is 2.93. The van der Waals surface area contributed by atoms with Crippen molar-refractivity contribution < 1.29 is 9.63 Å². The Morgan fingerprint density at radius 1 is 1.42 bits per heavy atom. The minimum absolute atomic E-state index is 0.0202. The van der Waals surface area contributed by atoms with E-state index in [4.69, 9.17) is 9.82 Å². The molecule has 1 N–H and O–H groups in total. The van der Waals surface area contributed by atoms with Gasteiger partial charge in [-0.2, -0.15) is 9.99 Å². The maximum Gasteiger partial charge on any atom is 0.220 e. The second kappa shape index (κ2) is 6.48. The number of hydrogen-bond donors (Lipinski definition) is 1. The minimum Gasteiger partial charge on any atom is -0.412 e. The molecule has 1 amide bonds. The fourth-order valence-electron chi connectivity index (χ4n) is 3.24. The number of imidazole rings is 1. The van der Waals surface area contributed by atoms with Gasteiger partial charge in [-0.05, 0) is 19.1 Å². The number of nitriles is 1. The monoisotopic (exact) mass is 347 g/mol. The zero-order chi connectivity index (χ0) is 18.1. The van der Waals surface area contributed by atoms with Gasteiger partial charge in [-0.15, -0.1) is 0 Å². The Morgan fingerprint density at radius 2 is 2.27 bits per heavy atom. The summed E-state index contributed by atoms with van der Waals surface area (Å²) in [5.74, 6) is 0.705. The Kier molecular flexibility index (Phi) is 4.01. The number of carbonyl (C=O) groups excluding carboxylic acids is 1. The van der Waals surface area contributed by atoms with Crippen LogP contribution in [0.4, 0.5) is 0 Å². The van der Waals surface area contributed by atoms with Gasteiger partial charge >= 0.3 is 0 Å². The highest BCUT2D eigenvalue weighted by molar-refractivity contribution is 5.82. The number of aromatic nitrogens is 3. The molecule has 130 valence electrons. The van der Waals surface area contributed by atoms with E-state index < -0.39 is 0 Å². The van der Waals surface area contributed by atoms with Crippen molar-refractivity contribution in [1.29, 1.82) is 5.26 Å². The van der Waals surface area contributed by atoms with Crippen molar-refractivity contribution in [2.45, 2.75) is 19.3 Å². The molecular formula is C19H17N5O2. The second-order valence-electron chi connectivity index (χ2n) is 6.10. The molecule has 3 aromatic rings. The third-order valence-corrected chi connectivity index (χ3v) is 4.45. The lowest BCUT2D eigenvalue weighted by molar-refractivity contribution is -0.119. The number of fused-ring (bicyclic) bond motifs is 1. The first kappa shape index (κ1) is 16.1. The quantitative estimate of drug-likeness (QED) is 0.779. The largest absolute Gasteiger partial charge is 0.412 e. The lowest BCUT2D eigenvalue weighted by Crippen LogP contribution is -2.18. The number of rotatable bonds is 4. The normalized spacial score (nSPS) is 16.5. The van der Waals surface area contributed by atoms with E-state index in [1.165, 1.54) is 0 Å². The zero-order valence-corrected chi connectivity index (χ0v) is 14.3. The Balaban J connectivity index is 1.84. The van der Waals surface area contributed by atoms with Crippen molar-refractivity contribution in [3.63, 3.8) is 0 Å². The Labute approximate surface area is 150 Å². The molecule has 1 aliphatic heterocycles. The standard InChI is InChI=1S/C19H17N5O2/c1-2-26-24-17-11-21-15(14-6-4-3-5-12(14)9-20)8-16(17)23-19(24)13-7-18(25)22-10-13/h3-6,8,11,13H,2,7,10H2,1H3,(H,22,25)/t13-/m1/s1. The Bertz CT molecular complexity index is 1030. The number of hydrogen-bond acceptors (Lipinski definition) is 5. The van der Waals surface area contributed by atoms with E-state index >= 15 is 0 Å². The fraction of sp³-hybridized carbons (Fsp3) is 0.263. The Morgan fingerprint density at radius 3 is 3.00 bits per heavy atom. The van der Waals surface area contributed by atoms with Gasteiger partial charge in [0.2, 0.25) is 5.91 Å². The molecule has 0 spiro atoms. The number of amides is 1. The summed E-state index contributed by atoms with van der Waals surface area (Å²) in [6.07, 6.45) is 2.10. The molecule has 26 heavy (non-hydrogen) atoms. The van der Waals surface area contributed by atoms with E-state index in [0.717, 1.165) is 16.6 Å². The summed E-state index contributed by atoms with van der Waals surface area (Å²) in [6, 6.07) is 11.4. The molecule has 0 radical (unpaired) electrons. The molecule has 1 saturated heterocycles. The molecule has 3 heterocycles. The van der Waals surface area contributed by atoms with Crippen molar-refractivity contribution in [2.75, 3.05) is 13.2 Å². The van der Waals surface area contributed by atoms with Crippen molar-refractivity contribution in [3.8, 4) is 17.3 Å². The van der Waals surface area contributed by atoms with Crippen LogP contribution in [0.3, 0.4) is 0 Å². The first-order valence-electron chi connectivity index (χ1n) is 8.49. The summed E-state index contributed by atoms with van der Waals surface area (Å²) in [5.41, 5.74) is 3.49. The molecule has 1 aromatic carbocycles. The predicted octanol–water partition coefficient (Wildman–Crippen LogP) is 2.02. The second-order valence-corrected chi connectivity index (χ2v) is 6.10. The average Bonchev–Trinajstić information content (AvgIpc) is 3.25. The van der Waals surface area contributed by atoms with Gasteiger partial charge in [0, 0.05) is 24.4 Å². The van der Waals surface area contributed by atoms with Crippen LogP contribution < -0.4 is 10.2 Å². The van der Waals surface area contributed by atoms with Gasteiger partial charge in [-0.1, -0.05) is 18.2 Å². The van der Waals surface area contributed by atoms with Crippen molar-refractivity contribution in [3.05, 3.63) is 47.9 Å². The highest BCUT2D eigenvalue weighted by atomic mass is 16.7. The van der Waals surface area contributed by atoms with Gasteiger partial charge in [0.1, 0.15) is 12.1 Å². The smallest absolute Gasteiger partial charge is 0.220 e. The number of carbonyl (C=O) groups is 1. The van der Waals surface area contributed by atoms with E-state index in [9.17, 15) is 10.1 Å².